The van der Waals surface area contributed by atoms with Crippen molar-refractivity contribution in [1.82, 2.24) is 0 Å². The van der Waals surface area contributed by atoms with Crippen LogP contribution in [-0.2, 0) is 14.8 Å². The fraction of sp³-hybridized carbons (Fsp3) is 0.381. The molecule has 0 aliphatic heterocycles. The lowest BCUT2D eigenvalue weighted by Gasteiger charge is -2.20. The van der Waals surface area contributed by atoms with Crippen molar-refractivity contribution in [1.29, 1.82) is 0 Å². The summed E-state index contributed by atoms with van der Waals surface area (Å²) in [5.74, 6) is 0.0900. The summed E-state index contributed by atoms with van der Waals surface area (Å²) in [6.07, 6.45) is 5.25. The molecule has 0 heterocycles. The molecule has 0 aromatic heterocycles. The second-order valence-electron chi connectivity index (χ2n) is 7.25. The second kappa shape index (κ2) is 8.13. The highest BCUT2D eigenvalue weighted by molar-refractivity contribution is 7.92. The minimum Gasteiger partial charge on any atom is -0.326 e. The van der Waals surface area contributed by atoms with E-state index in [0.29, 0.717) is 11.4 Å². The molecule has 1 aliphatic rings. The quantitative estimate of drug-likeness (QED) is 0.787. The minimum atomic E-state index is -3.67. The Labute approximate surface area is 161 Å². The van der Waals surface area contributed by atoms with E-state index in [2.05, 4.69) is 10.0 Å². The van der Waals surface area contributed by atoms with Crippen LogP contribution >= 0.6 is 0 Å². The molecule has 2 aromatic carbocycles. The molecule has 0 atom stereocenters. The molecule has 0 unspecified atom stereocenters. The third kappa shape index (κ3) is 4.89. The van der Waals surface area contributed by atoms with Gasteiger partial charge in [0.25, 0.3) is 10.0 Å². The standard InChI is InChI=1S/C21H26N2O3S/c1-15-8-9-19(14-16(15)2)23-27(25,26)20-12-10-18(11-13-20)22-21(24)17-6-4-3-5-7-17/h8-14,17,23H,3-7H2,1-2H3,(H,22,24). The molecule has 5 nitrogen and oxygen atoms in total. The summed E-state index contributed by atoms with van der Waals surface area (Å²) in [5, 5.41) is 2.90. The molecule has 1 aliphatic carbocycles. The Morgan fingerprint density at radius 2 is 1.52 bits per heavy atom. The van der Waals surface area contributed by atoms with E-state index >= 15 is 0 Å². The number of hydrogen-bond acceptors (Lipinski definition) is 3. The number of hydrogen-bond donors (Lipinski definition) is 2. The Morgan fingerprint density at radius 1 is 0.889 bits per heavy atom. The van der Waals surface area contributed by atoms with Crippen LogP contribution in [0, 0.1) is 19.8 Å². The van der Waals surface area contributed by atoms with Gasteiger partial charge in [-0.05, 0) is 74.2 Å². The second-order valence-corrected chi connectivity index (χ2v) is 8.94. The summed E-state index contributed by atoms with van der Waals surface area (Å²) in [4.78, 5) is 12.5. The van der Waals surface area contributed by atoms with E-state index in [4.69, 9.17) is 0 Å². The van der Waals surface area contributed by atoms with Gasteiger partial charge < -0.3 is 5.32 Å². The topological polar surface area (TPSA) is 75.3 Å². The normalized spacial score (nSPS) is 15.3. The van der Waals surface area contributed by atoms with Crippen molar-refractivity contribution >= 4 is 27.3 Å². The van der Waals surface area contributed by atoms with Gasteiger partial charge in [-0.15, -0.1) is 0 Å². The molecule has 1 saturated carbocycles. The van der Waals surface area contributed by atoms with E-state index in [0.717, 1.165) is 36.8 Å². The molecule has 3 rings (SSSR count). The van der Waals surface area contributed by atoms with Gasteiger partial charge in [-0.2, -0.15) is 0 Å². The number of rotatable bonds is 5. The molecule has 144 valence electrons. The molecule has 0 radical (unpaired) electrons. The van der Waals surface area contributed by atoms with Gasteiger partial charge in [0, 0.05) is 17.3 Å². The maximum Gasteiger partial charge on any atom is 0.261 e. The number of anilines is 2. The third-order valence-corrected chi connectivity index (χ3v) is 6.56. The van der Waals surface area contributed by atoms with Gasteiger partial charge in [-0.25, -0.2) is 8.42 Å². The minimum absolute atomic E-state index is 0.0264. The maximum absolute atomic E-state index is 12.6. The molecule has 0 bridgehead atoms. The molecule has 2 N–H and O–H groups in total. The highest BCUT2D eigenvalue weighted by atomic mass is 32.2. The summed E-state index contributed by atoms with van der Waals surface area (Å²) >= 11 is 0. The van der Waals surface area contributed by atoms with Gasteiger partial charge in [0.1, 0.15) is 0 Å². The summed E-state index contributed by atoms with van der Waals surface area (Å²) in [5.41, 5.74) is 3.29. The van der Waals surface area contributed by atoms with Gasteiger partial charge in [0.05, 0.1) is 4.90 Å². The Kier molecular flexibility index (Phi) is 5.85. The first kappa shape index (κ1) is 19.4. The van der Waals surface area contributed by atoms with Crippen LogP contribution in [0.5, 0.6) is 0 Å². The van der Waals surface area contributed by atoms with E-state index in [-0.39, 0.29) is 16.7 Å². The highest BCUT2D eigenvalue weighted by Gasteiger charge is 2.21. The van der Waals surface area contributed by atoms with E-state index in [1.165, 1.54) is 18.6 Å². The summed E-state index contributed by atoms with van der Waals surface area (Å²) in [7, 11) is -3.67. The Balaban J connectivity index is 1.68. The summed E-state index contributed by atoms with van der Waals surface area (Å²) < 4.78 is 27.8. The number of carbonyl (C=O) groups excluding carboxylic acids is 1. The molecule has 1 fully saturated rings. The molecular weight excluding hydrogens is 360 g/mol. The number of sulfonamides is 1. The largest absolute Gasteiger partial charge is 0.326 e. The molecule has 0 spiro atoms. The van der Waals surface area contributed by atoms with Crippen LogP contribution in [0.15, 0.2) is 47.4 Å². The van der Waals surface area contributed by atoms with Gasteiger partial charge in [-0.1, -0.05) is 25.3 Å². The highest BCUT2D eigenvalue weighted by Crippen LogP contribution is 2.25. The number of aryl methyl sites for hydroxylation is 2. The summed E-state index contributed by atoms with van der Waals surface area (Å²) in [6, 6.07) is 11.7. The SMILES string of the molecule is Cc1ccc(NS(=O)(=O)c2ccc(NC(=O)C3CCCCC3)cc2)cc1C. The van der Waals surface area contributed by atoms with Crippen LogP contribution in [0.2, 0.25) is 0 Å². The van der Waals surface area contributed by atoms with Crippen LogP contribution in [0.3, 0.4) is 0 Å². The van der Waals surface area contributed by atoms with Crippen LogP contribution in [0.25, 0.3) is 0 Å². The zero-order valence-electron chi connectivity index (χ0n) is 15.8. The van der Waals surface area contributed by atoms with Crippen molar-refractivity contribution in [2.24, 2.45) is 5.92 Å². The smallest absolute Gasteiger partial charge is 0.261 e. The number of carbonyl (C=O) groups is 1. The van der Waals surface area contributed by atoms with Gasteiger partial charge in [0.15, 0.2) is 0 Å². The first-order valence-electron chi connectivity index (χ1n) is 9.36. The number of nitrogens with one attached hydrogen (secondary N) is 2. The van der Waals surface area contributed by atoms with Crippen LogP contribution in [-0.4, -0.2) is 14.3 Å². The van der Waals surface area contributed by atoms with Gasteiger partial charge in [0.2, 0.25) is 5.91 Å². The van der Waals surface area contributed by atoms with Crippen molar-refractivity contribution in [3.05, 3.63) is 53.6 Å². The average molecular weight is 387 g/mol. The fourth-order valence-electron chi connectivity index (χ4n) is 3.35. The lowest BCUT2D eigenvalue weighted by molar-refractivity contribution is -0.120. The van der Waals surface area contributed by atoms with Crippen LogP contribution in [0.4, 0.5) is 11.4 Å². The third-order valence-electron chi connectivity index (χ3n) is 5.17. The van der Waals surface area contributed by atoms with E-state index in [9.17, 15) is 13.2 Å². The predicted octanol–water partition coefficient (Wildman–Crippen LogP) is 4.62. The van der Waals surface area contributed by atoms with Crippen molar-refractivity contribution in [3.8, 4) is 0 Å². The van der Waals surface area contributed by atoms with Crippen molar-refractivity contribution in [3.63, 3.8) is 0 Å². The van der Waals surface area contributed by atoms with Crippen molar-refractivity contribution < 1.29 is 13.2 Å². The van der Waals surface area contributed by atoms with Gasteiger partial charge in [-0.3, -0.25) is 9.52 Å². The van der Waals surface area contributed by atoms with E-state index in [1.807, 2.05) is 26.0 Å². The lowest BCUT2D eigenvalue weighted by Crippen LogP contribution is -2.24. The Morgan fingerprint density at radius 3 is 2.15 bits per heavy atom. The van der Waals surface area contributed by atoms with E-state index < -0.39 is 10.0 Å². The fourth-order valence-corrected chi connectivity index (χ4v) is 4.40. The first-order valence-corrected chi connectivity index (χ1v) is 10.8. The molecule has 1 amide bonds. The first-order chi connectivity index (χ1) is 12.8. The zero-order chi connectivity index (χ0) is 19.4. The molecule has 2 aromatic rings. The zero-order valence-corrected chi connectivity index (χ0v) is 16.6. The molecular formula is C21H26N2O3S. The number of benzene rings is 2. The molecule has 27 heavy (non-hydrogen) atoms. The van der Waals surface area contributed by atoms with E-state index in [1.54, 1.807) is 18.2 Å². The van der Waals surface area contributed by atoms with Crippen molar-refractivity contribution in [2.75, 3.05) is 10.0 Å². The van der Waals surface area contributed by atoms with Crippen LogP contribution < -0.4 is 10.0 Å². The lowest BCUT2D eigenvalue weighted by atomic mass is 9.88. The Bertz CT molecular complexity index is 915. The van der Waals surface area contributed by atoms with Crippen molar-refractivity contribution in [2.45, 2.75) is 50.8 Å². The monoisotopic (exact) mass is 386 g/mol. The molecule has 0 saturated heterocycles. The average Bonchev–Trinajstić information content (AvgIpc) is 2.66. The van der Waals surface area contributed by atoms with Crippen LogP contribution in [0.1, 0.15) is 43.2 Å². The maximum atomic E-state index is 12.6. The summed E-state index contributed by atoms with van der Waals surface area (Å²) in [6.45, 7) is 3.92. The van der Waals surface area contributed by atoms with Gasteiger partial charge >= 0.3 is 0 Å². The number of amides is 1. The molecule has 6 heteroatoms. The predicted molar refractivity (Wildman–Crippen MR) is 108 cm³/mol. The Hall–Kier alpha value is -2.34.